The second kappa shape index (κ2) is 8.04. The van der Waals surface area contributed by atoms with E-state index in [-0.39, 0.29) is 5.91 Å². The lowest BCUT2D eigenvalue weighted by molar-refractivity contribution is 0.0942. The van der Waals surface area contributed by atoms with E-state index in [1.807, 2.05) is 24.4 Å². The lowest BCUT2D eigenvalue weighted by atomic mass is 10.2. The van der Waals surface area contributed by atoms with Crippen molar-refractivity contribution in [2.45, 2.75) is 46.7 Å². The standard InChI is InChI=1S/C17H25N3OS2/c1-11(2)20(12(3)4)9-8-18-16(21)15-13(5)19-17(23-15)14-7-6-10-22-14/h6-7,10-12H,8-9H2,1-5H3,(H,18,21). The molecule has 6 heteroatoms. The van der Waals surface area contributed by atoms with E-state index in [0.717, 1.165) is 22.1 Å². The maximum Gasteiger partial charge on any atom is 0.263 e. The molecule has 0 aliphatic rings. The zero-order valence-electron chi connectivity index (χ0n) is 14.4. The molecule has 1 amide bonds. The molecule has 0 fully saturated rings. The SMILES string of the molecule is Cc1nc(-c2cccs2)sc1C(=O)NCCN(C(C)C)C(C)C. The fourth-order valence-corrected chi connectivity index (χ4v) is 4.38. The summed E-state index contributed by atoms with van der Waals surface area (Å²) in [5.41, 5.74) is 0.806. The van der Waals surface area contributed by atoms with E-state index in [2.05, 4.69) is 42.9 Å². The number of aromatic nitrogens is 1. The van der Waals surface area contributed by atoms with Gasteiger partial charge in [-0.2, -0.15) is 0 Å². The summed E-state index contributed by atoms with van der Waals surface area (Å²) in [4.78, 5) is 21.1. The number of thiophene rings is 1. The lowest BCUT2D eigenvalue weighted by Crippen LogP contribution is -2.42. The normalized spacial score (nSPS) is 11.7. The molecule has 1 N–H and O–H groups in total. The van der Waals surface area contributed by atoms with E-state index in [1.165, 1.54) is 11.3 Å². The minimum atomic E-state index is -0.0183. The molecule has 4 nitrogen and oxygen atoms in total. The highest BCUT2D eigenvalue weighted by Gasteiger charge is 2.17. The van der Waals surface area contributed by atoms with Gasteiger partial charge in [0, 0.05) is 25.2 Å². The summed E-state index contributed by atoms with van der Waals surface area (Å²) >= 11 is 3.12. The molecule has 126 valence electrons. The van der Waals surface area contributed by atoms with Crippen LogP contribution >= 0.6 is 22.7 Å². The Kier molecular flexibility index (Phi) is 6.33. The molecule has 0 atom stereocenters. The highest BCUT2D eigenvalue weighted by atomic mass is 32.1. The van der Waals surface area contributed by atoms with Crippen LogP contribution in [0.4, 0.5) is 0 Å². The predicted octanol–water partition coefficient (Wildman–Crippen LogP) is 4.03. The van der Waals surface area contributed by atoms with Crippen molar-refractivity contribution in [1.29, 1.82) is 0 Å². The molecular weight excluding hydrogens is 326 g/mol. The Balaban J connectivity index is 1.96. The van der Waals surface area contributed by atoms with Gasteiger partial charge in [-0.25, -0.2) is 4.98 Å². The summed E-state index contributed by atoms with van der Waals surface area (Å²) < 4.78 is 0. The summed E-state index contributed by atoms with van der Waals surface area (Å²) in [5.74, 6) is -0.0183. The van der Waals surface area contributed by atoms with Crippen LogP contribution in [0, 0.1) is 6.92 Å². The first-order valence-electron chi connectivity index (χ1n) is 7.95. The van der Waals surface area contributed by atoms with Crippen molar-refractivity contribution >= 4 is 28.6 Å². The summed E-state index contributed by atoms with van der Waals surface area (Å²) in [6.07, 6.45) is 0. The van der Waals surface area contributed by atoms with Crippen LogP contribution in [0.25, 0.3) is 9.88 Å². The molecule has 2 aromatic rings. The second-order valence-electron chi connectivity index (χ2n) is 6.09. The molecule has 0 bridgehead atoms. The molecule has 23 heavy (non-hydrogen) atoms. The minimum Gasteiger partial charge on any atom is -0.350 e. The first kappa shape index (κ1) is 18.1. The molecule has 2 rings (SSSR count). The number of thiazole rings is 1. The Morgan fingerprint density at radius 3 is 2.57 bits per heavy atom. The monoisotopic (exact) mass is 351 g/mol. The van der Waals surface area contributed by atoms with Crippen molar-refractivity contribution in [2.75, 3.05) is 13.1 Å². The third-order valence-corrected chi connectivity index (χ3v) is 5.91. The number of carbonyl (C=O) groups is 1. The molecule has 0 aliphatic carbocycles. The topological polar surface area (TPSA) is 45.2 Å². The van der Waals surface area contributed by atoms with E-state index < -0.39 is 0 Å². The number of hydrogen-bond donors (Lipinski definition) is 1. The molecular formula is C17H25N3OS2. The quantitative estimate of drug-likeness (QED) is 0.819. The third-order valence-electron chi connectivity index (χ3n) is 3.72. The van der Waals surface area contributed by atoms with Gasteiger partial charge in [-0.3, -0.25) is 9.69 Å². The van der Waals surface area contributed by atoms with E-state index in [0.29, 0.717) is 23.5 Å². The van der Waals surface area contributed by atoms with Crippen LogP contribution in [0.3, 0.4) is 0 Å². The Morgan fingerprint density at radius 1 is 1.30 bits per heavy atom. The van der Waals surface area contributed by atoms with Gasteiger partial charge in [0.15, 0.2) is 0 Å². The first-order valence-corrected chi connectivity index (χ1v) is 9.65. The van der Waals surface area contributed by atoms with Crippen molar-refractivity contribution in [3.63, 3.8) is 0 Å². The van der Waals surface area contributed by atoms with E-state index in [4.69, 9.17) is 0 Å². The largest absolute Gasteiger partial charge is 0.350 e. The molecule has 0 aromatic carbocycles. The number of nitrogens with zero attached hydrogens (tertiary/aromatic N) is 2. The van der Waals surface area contributed by atoms with Gasteiger partial charge in [0.25, 0.3) is 5.91 Å². The van der Waals surface area contributed by atoms with Crippen molar-refractivity contribution < 1.29 is 4.79 Å². The Bertz CT molecular complexity index is 624. The van der Waals surface area contributed by atoms with Crippen LogP contribution in [0.1, 0.15) is 43.1 Å². The average molecular weight is 352 g/mol. The van der Waals surface area contributed by atoms with E-state index in [9.17, 15) is 4.79 Å². The molecule has 0 spiro atoms. The predicted molar refractivity (Wildman–Crippen MR) is 99.5 cm³/mol. The molecule has 0 unspecified atom stereocenters. The molecule has 2 heterocycles. The van der Waals surface area contributed by atoms with E-state index >= 15 is 0 Å². The number of nitrogens with one attached hydrogen (secondary N) is 1. The molecule has 0 saturated carbocycles. The number of amides is 1. The van der Waals surface area contributed by atoms with Crippen LogP contribution < -0.4 is 5.32 Å². The van der Waals surface area contributed by atoms with Crippen LogP contribution in [-0.2, 0) is 0 Å². The number of carbonyl (C=O) groups excluding carboxylic acids is 1. The molecule has 0 aliphatic heterocycles. The van der Waals surface area contributed by atoms with Gasteiger partial charge in [0.1, 0.15) is 9.88 Å². The van der Waals surface area contributed by atoms with Gasteiger partial charge in [0.05, 0.1) is 10.6 Å². The molecule has 2 aromatic heterocycles. The van der Waals surface area contributed by atoms with Crippen molar-refractivity contribution in [2.24, 2.45) is 0 Å². The van der Waals surface area contributed by atoms with Gasteiger partial charge >= 0.3 is 0 Å². The smallest absolute Gasteiger partial charge is 0.263 e. The lowest BCUT2D eigenvalue weighted by Gasteiger charge is -2.30. The van der Waals surface area contributed by atoms with Crippen molar-refractivity contribution in [3.8, 4) is 9.88 Å². The minimum absolute atomic E-state index is 0.0183. The summed E-state index contributed by atoms with van der Waals surface area (Å²) in [6, 6.07) is 4.99. The summed E-state index contributed by atoms with van der Waals surface area (Å²) in [5, 5.41) is 5.98. The van der Waals surface area contributed by atoms with Crippen molar-refractivity contribution in [1.82, 2.24) is 15.2 Å². The number of rotatable bonds is 7. The average Bonchev–Trinajstić information content (AvgIpc) is 3.11. The molecule has 0 saturated heterocycles. The number of aryl methyl sites for hydroxylation is 1. The van der Waals surface area contributed by atoms with Gasteiger partial charge < -0.3 is 5.32 Å². The first-order chi connectivity index (χ1) is 10.9. The van der Waals surface area contributed by atoms with Crippen LogP contribution in [-0.4, -0.2) is 41.0 Å². The zero-order chi connectivity index (χ0) is 17.0. The second-order valence-corrected chi connectivity index (χ2v) is 8.04. The summed E-state index contributed by atoms with van der Waals surface area (Å²) in [7, 11) is 0. The molecule has 0 radical (unpaired) electrons. The van der Waals surface area contributed by atoms with Gasteiger partial charge in [-0.05, 0) is 46.1 Å². The van der Waals surface area contributed by atoms with Crippen molar-refractivity contribution in [3.05, 3.63) is 28.1 Å². The zero-order valence-corrected chi connectivity index (χ0v) is 16.1. The fourth-order valence-electron chi connectivity index (χ4n) is 2.60. The summed E-state index contributed by atoms with van der Waals surface area (Å²) in [6.45, 7) is 12.1. The Hall–Kier alpha value is -1.24. The van der Waals surface area contributed by atoms with Gasteiger partial charge in [-0.1, -0.05) is 6.07 Å². The number of hydrogen-bond acceptors (Lipinski definition) is 5. The maximum absolute atomic E-state index is 12.4. The highest BCUT2D eigenvalue weighted by molar-refractivity contribution is 7.22. The Morgan fingerprint density at radius 2 is 2.00 bits per heavy atom. The van der Waals surface area contributed by atoms with Crippen LogP contribution in [0.2, 0.25) is 0 Å². The van der Waals surface area contributed by atoms with Crippen LogP contribution in [0.15, 0.2) is 17.5 Å². The van der Waals surface area contributed by atoms with E-state index in [1.54, 1.807) is 11.3 Å². The van der Waals surface area contributed by atoms with Gasteiger partial charge in [-0.15, -0.1) is 22.7 Å². The van der Waals surface area contributed by atoms with Crippen LogP contribution in [0.5, 0.6) is 0 Å². The highest BCUT2D eigenvalue weighted by Crippen LogP contribution is 2.30. The third kappa shape index (κ3) is 4.62. The maximum atomic E-state index is 12.4. The fraction of sp³-hybridized carbons (Fsp3) is 0.529. The Labute approximate surface area is 146 Å². The van der Waals surface area contributed by atoms with Gasteiger partial charge in [0.2, 0.25) is 0 Å².